The molecular formula is C14H25NO. The van der Waals surface area contributed by atoms with Crippen molar-refractivity contribution in [2.75, 3.05) is 6.54 Å². The van der Waals surface area contributed by atoms with Gasteiger partial charge in [0.05, 0.1) is 0 Å². The number of nitrogens with one attached hydrogen (secondary N) is 1. The molecule has 0 aromatic carbocycles. The first kappa shape index (κ1) is 13.4. The van der Waals surface area contributed by atoms with Gasteiger partial charge in [0.25, 0.3) is 0 Å². The predicted molar refractivity (Wildman–Crippen MR) is 68.5 cm³/mol. The van der Waals surface area contributed by atoms with Crippen molar-refractivity contribution in [1.29, 1.82) is 0 Å². The molecule has 0 unspecified atom stereocenters. The summed E-state index contributed by atoms with van der Waals surface area (Å²) in [4.78, 5) is 11.9. The Labute approximate surface area is 99.5 Å². The van der Waals surface area contributed by atoms with Crippen molar-refractivity contribution in [2.45, 2.75) is 64.8 Å². The van der Waals surface area contributed by atoms with E-state index in [-0.39, 0.29) is 5.54 Å². The molecule has 0 aromatic heterocycles. The van der Waals surface area contributed by atoms with E-state index in [1.54, 1.807) is 0 Å². The first-order valence-electron chi connectivity index (χ1n) is 6.46. The van der Waals surface area contributed by atoms with Crippen LogP contribution in [0.15, 0.2) is 11.6 Å². The minimum Gasteiger partial charge on any atom is -0.312 e. The molecule has 0 atom stereocenters. The van der Waals surface area contributed by atoms with Gasteiger partial charge >= 0.3 is 0 Å². The van der Waals surface area contributed by atoms with Gasteiger partial charge in [0.1, 0.15) is 0 Å². The minimum atomic E-state index is 0.109. The summed E-state index contributed by atoms with van der Waals surface area (Å²) in [5.74, 6) is 0.346. The van der Waals surface area contributed by atoms with Crippen molar-refractivity contribution < 1.29 is 4.79 Å². The molecule has 0 fully saturated rings. The number of rotatable bonds is 4. The van der Waals surface area contributed by atoms with Crippen LogP contribution in [-0.4, -0.2) is 17.9 Å². The Morgan fingerprint density at radius 3 is 2.75 bits per heavy atom. The van der Waals surface area contributed by atoms with Crippen LogP contribution in [0.2, 0.25) is 0 Å². The summed E-state index contributed by atoms with van der Waals surface area (Å²) in [6.07, 6.45) is 8.59. The lowest BCUT2D eigenvalue weighted by Gasteiger charge is -2.20. The Kier molecular flexibility index (Phi) is 5.20. The number of hydrogen-bond acceptors (Lipinski definition) is 2. The van der Waals surface area contributed by atoms with E-state index in [2.05, 4.69) is 32.2 Å². The Hall–Kier alpha value is -0.630. The molecule has 0 saturated heterocycles. The first-order valence-corrected chi connectivity index (χ1v) is 6.46. The summed E-state index contributed by atoms with van der Waals surface area (Å²) < 4.78 is 0. The van der Waals surface area contributed by atoms with Crippen LogP contribution < -0.4 is 5.32 Å². The lowest BCUT2D eigenvalue weighted by molar-refractivity contribution is -0.115. The molecule has 0 saturated carbocycles. The highest BCUT2D eigenvalue weighted by molar-refractivity contribution is 5.95. The van der Waals surface area contributed by atoms with Crippen LogP contribution in [0.4, 0.5) is 0 Å². The molecule has 1 aliphatic rings. The highest BCUT2D eigenvalue weighted by atomic mass is 16.1. The van der Waals surface area contributed by atoms with Gasteiger partial charge in [-0.25, -0.2) is 0 Å². The molecule has 2 heteroatoms. The maximum atomic E-state index is 11.9. The number of allylic oxidation sites excluding steroid dienone is 2. The fraction of sp³-hybridized carbons (Fsp3) is 0.786. The topological polar surface area (TPSA) is 29.1 Å². The summed E-state index contributed by atoms with van der Waals surface area (Å²) in [6.45, 7) is 7.17. The molecular weight excluding hydrogens is 198 g/mol. The molecule has 92 valence electrons. The Morgan fingerprint density at radius 2 is 2.06 bits per heavy atom. The normalized spacial score (nSPS) is 17.8. The number of hydrogen-bond donors (Lipinski definition) is 1. The fourth-order valence-corrected chi connectivity index (χ4v) is 1.98. The summed E-state index contributed by atoms with van der Waals surface area (Å²) in [5.41, 5.74) is 1.19. The van der Waals surface area contributed by atoms with Crippen LogP contribution >= 0.6 is 0 Å². The summed E-state index contributed by atoms with van der Waals surface area (Å²) in [7, 11) is 0. The van der Waals surface area contributed by atoms with Gasteiger partial charge in [0.15, 0.2) is 5.78 Å². The number of Topliss-reactive ketones (excluding diaryl/α,β-unsaturated/α-hetero) is 1. The van der Waals surface area contributed by atoms with Crippen LogP contribution in [-0.2, 0) is 4.79 Å². The van der Waals surface area contributed by atoms with E-state index in [0.29, 0.717) is 12.2 Å². The molecule has 0 aromatic rings. The maximum Gasteiger partial charge on any atom is 0.159 e. The quantitative estimate of drug-likeness (QED) is 0.793. The number of carbonyl (C=O) groups excluding carboxylic acids is 1. The predicted octanol–water partition coefficient (Wildman–Crippen LogP) is 3.22. The zero-order chi connectivity index (χ0) is 12.0. The van der Waals surface area contributed by atoms with Crippen molar-refractivity contribution in [2.24, 2.45) is 0 Å². The van der Waals surface area contributed by atoms with Crippen LogP contribution in [0.3, 0.4) is 0 Å². The average molecular weight is 223 g/mol. The zero-order valence-corrected chi connectivity index (χ0v) is 10.9. The van der Waals surface area contributed by atoms with Crippen LogP contribution in [0.25, 0.3) is 0 Å². The standard InChI is InChI=1S/C14H25NO/c1-14(2,3)15-11-10-13(16)12-8-6-4-5-7-9-12/h8,15H,4-7,9-11H2,1-3H3. The summed E-state index contributed by atoms with van der Waals surface area (Å²) >= 11 is 0. The SMILES string of the molecule is CC(C)(C)NCCC(=O)C1=CCCCCC1. The molecule has 1 rings (SSSR count). The molecule has 0 bridgehead atoms. The molecule has 1 aliphatic carbocycles. The molecule has 0 heterocycles. The van der Waals surface area contributed by atoms with E-state index in [0.717, 1.165) is 25.0 Å². The van der Waals surface area contributed by atoms with Gasteiger partial charge in [-0.1, -0.05) is 12.5 Å². The molecule has 2 nitrogen and oxygen atoms in total. The van der Waals surface area contributed by atoms with Gasteiger partial charge in [0.2, 0.25) is 0 Å². The highest BCUT2D eigenvalue weighted by Gasteiger charge is 2.13. The molecule has 0 radical (unpaired) electrons. The van der Waals surface area contributed by atoms with E-state index < -0.39 is 0 Å². The molecule has 0 spiro atoms. The van der Waals surface area contributed by atoms with Crippen molar-refractivity contribution in [3.05, 3.63) is 11.6 Å². The third kappa shape index (κ3) is 5.45. The lowest BCUT2D eigenvalue weighted by Crippen LogP contribution is -2.37. The van der Waals surface area contributed by atoms with Gasteiger partial charge in [-0.3, -0.25) is 4.79 Å². The lowest BCUT2D eigenvalue weighted by atomic mass is 10.0. The number of carbonyl (C=O) groups is 1. The maximum absolute atomic E-state index is 11.9. The van der Waals surface area contributed by atoms with Gasteiger partial charge in [0, 0.05) is 18.5 Å². The van der Waals surface area contributed by atoms with E-state index in [1.165, 1.54) is 19.3 Å². The zero-order valence-electron chi connectivity index (χ0n) is 10.9. The van der Waals surface area contributed by atoms with Crippen LogP contribution in [0.5, 0.6) is 0 Å². The molecule has 0 amide bonds. The Morgan fingerprint density at radius 1 is 1.31 bits per heavy atom. The third-order valence-corrected chi connectivity index (χ3v) is 2.91. The van der Waals surface area contributed by atoms with E-state index in [4.69, 9.17) is 0 Å². The summed E-state index contributed by atoms with van der Waals surface area (Å²) in [5, 5.41) is 3.36. The van der Waals surface area contributed by atoms with Gasteiger partial charge < -0.3 is 5.32 Å². The van der Waals surface area contributed by atoms with E-state index in [9.17, 15) is 4.79 Å². The monoisotopic (exact) mass is 223 g/mol. The van der Waals surface area contributed by atoms with Crippen LogP contribution in [0, 0.1) is 0 Å². The smallest absolute Gasteiger partial charge is 0.159 e. The second kappa shape index (κ2) is 6.19. The summed E-state index contributed by atoms with van der Waals surface area (Å²) in [6, 6.07) is 0. The second-order valence-corrected chi connectivity index (χ2v) is 5.68. The first-order chi connectivity index (χ1) is 7.49. The van der Waals surface area contributed by atoms with Crippen molar-refractivity contribution >= 4 is 5.78 Å². The Balaban J connectivity index is 2.31. The molecule has 1 N–H and O–H groups in total. The second-order valence-electron chi connectivity index (χ2n) is 5.68. The molecule has 16 heavy (non-hydrogen) atoms. The van der Waals surface area contributed by atoms with Gasteiger partial charge in [-0.2, -0.15) is 0 Å². The third-order valence-electron chi connectivity index (χ3n) is 2.91. The average Bonchev–Trinajstić information content (AvgIpc) is 2.43. The largest absolute Gasteiger partial charge is 0.312 e. The number of ketones is 1. The fourth-order valence-electron chi connectivity index (χ4n) is 1.98. The van der Waals surface area contributed by atoms with Gasteiger partial charge in [-0.15, -0.1) is 0 Å². The van der Waals surface area contributed by atoms with E-state index in [1.807, 2.05) is 0 Å². The van der Waals surface area contributed by atoms with Crippen LogP contribution in [0.1, 0.15) is 59.3 Å². The van der Waals surface area contributed by atoms with Crippen molar-refractivity contribution in [1.82, 2.24) is 5.32 Å². The van der Waals surface area contributed by atoms with Gasteiger partial charge in [-0.05, 0) is 52.0 Å². The van der Waals surface area contributed by atoms with Crippen molar-refractivity contribution in [3.8, 4) is 0 Å². The Bertz CT molecular complexity index is 260. The highest BCUT2D eigenvalue weighted by Crippen LogP contribution is 2.18. The minimum absolute atomic E-state index is 0.109. The van der Waals surface area contributed by atoms with Crippen molar-refractivity contribution in [3.63, 3.8) is 0 Å². The molecule has 0 aliphatic heterocycles. The van der Waals surface area contributed by atoms with E-state index >= 15 is 0 Å².